The van der Waals surface area contributed by atoms with Gasteiger partial charge in [-0.1, -0.05) is 19.3 Å². The molecule has 1 saturated heterocycles. The number of guanidine groups is 1. The summed E-state index contributed by atoms with van der Waals surface area (Å²) in [5.74, 6) is 1.46. The Kier molecular flexibility index (Phi) is 10.8. The van der Waals surface area contributed by atoms with Crippen LogP contribution >= 0.6 is 0 Å². The lowest BCUT2D eigenvalue weighted by molar-refractivity contribution is -0.135. The third kappa shape index (κ3) is 8.51. The van der Waals surface area contributed by atoms with Crippen LogP contribution in [0.2, 0.25) is 0 Å². The van der Waals surface area contributed by atoms with Crippen molar-refractivity contribution in [2.45, 2.75) is 70.9 Å². The molecule has 2 rings (SSSR count). The summed E-state index contributed by atoms with van der Waals surface area (Å²) in [6.45, 7) is 8.92. The minimum Gasteiger partial charge on any atom is -0.377 e. The lowest BCUT2D eigenvalue weighted by Gasteiger charge is -2.26. The zero-order chi connectivity index (χ0) is 21.1. The number of carbonyl (C=O) groups excluding carboxylic acids is 1. The van der Waals surface area contributed by atoms with Crippen LogP contribution in [-0.2, 0) is 9.53 Å². The summed E-state index contributed by atoms with van der Waals surface area (Å²) in [7, 11) is 4.16. The van der Waals surface area contributed by atoms with Gasteiger partial charge >= 0.3 is 0 Å². The van der Waals surface area contributed by atoms with E-state index in [-0.39, 0.29) is 18.1 Å². The van der Waals surface area contributed by atoms with Gasteiger partial charge in [0.1, 0.15) is 0 Å². The van der Waals surface area contributed by atoms with Crippen LogP contribution in [0.1, 0.15) is 58.8 Å². The first-order chi connectivity index (χ1) is 14.0. The highest BCUT2D eigenvalue weighted by Gasteiger charge is 2.31. The largest absolute Gasteiger partial charge is 0.377 e. The molecule has 0 aromatic carbocycles. The van der Waals surface area contributed by atoms with Gasteiger partial charge in [0.05, 0.1) is 12.6 Å². The Morgan fingerprint density at radius 2 is 1.97 bits per heavy atom. The zero-order valence-corrected chi connectivity index (χ0v) is 19.1. The highest BCUT2D eigenvalue weighted by molar-refractivity contribution is 5.81. The molecule has 1 aliphatic heterocycles. The third-order valence-corrected chi connectivity index (χ3v) is 5.89. The van der Waals surface area contributed by atoms with Gasteiger partial charge in [-0.3, -0.25) is 9.79 Å². The van der Waals surface area contributed by atoms with Crippen LogP contribution in [0.5, 0.6) is 0 Å². The predicted molar refractivity (Wildman–Crippen MR) is 119 cm³/mol. The Morgan fingerprint density at radius 3 is 2.62 bits per heavy atom. The number of hydrogen-bond acceptors (Lipinski definition) is 4. The molecular weight excluding hydrogens is 366 g/mol. The van der Waals surface area contributed by atoms with Crippen LogP contribution in [0.15, 0.2) is 4.99 Å². The summed E-state index contributed by atoms with van der Waals surface area (Å²) in [5.41, 5.74) is 0. The van der Waals surface area contributed by atoms with Crippen LogP contribution in [0.3, 0.4) is 0 Å². The molecule has 7 nitrogen and oxygen atoms in total. The molecule has 2 aliphatic rings. The van der Waals surface area contributed by atoms with Crippen molar-refractivity contribution in [2.24, 2.45) is 10.9 Å². The van der Waals surface area contributed by atoms with Crippen LogP contribution in [-0.4, -0.2) is 87.2 Å². The van der Waals surface area contributed by atoms with Crippen molar-refractivity contribution in [2.75, 3.05) is 53.4 Å². The first kappa shape index (κ1) is 23.9. The van der Waals surface area contributed by atoms with Crippen molar-refractivity contribution in [3.8, 4) is 0 Å². The second-order valence-corrected chi connectivity index (χ2v) is 8.64. The summed E-state index contributed by atoms with van der Waals surface area (Å²) in [6, 6.07) is 0.271. The number of ether oxygens (including phenoxy) is 1. The van der Waals surface area contributed by atoms with Gasteiger partial charge in [-0.25, -0.2) is 0 Å². The molecule has 0 spiro atoms. The van der Waals surface area contributed by atoms with Gasteiger partial charge in [-0.2, -0.15) is 0 Å². The Hall–Kier alpha value is -1.34. The van der Waals surface area contributed by atoms with E-state index in [2.05, 4.69) is 41.5 Å². The van der Waals surface area contributed by atoms with E-state index in [1.807, 2.05) is 6.92 Å². The van der Waals surface area contributed by atoms with E-state index in [0.29, 0.717) is 19.1 Å². The molecule has 1 aliphatic carbocycles. The van der Waals surface area contributed by atoms with Gasteiger partial charge in [-0.05, 0) is 53.6 Å². The quantitative estimate of drug-likeness (QED) is 0.427. The molecule has 2 N–H and O–H groups in total. The number of hydrogen-bond donors (Lipinski definition) is 2. The van der Waals surface area contributed by atoms with Gasteiger partial charge in [0.2, 0.25) is 5.91 Å². The van der Waals surface area contributed by atoms with E-state index in [4.69, 9.17) is 9.73 Å². The van der Waals surface area contributed by atoms with Crippen LogP contribution in [0.25, 0.3) is 0 Å². The van der Waals surface area contributed by atoms with E-state index >= 15 is 0 Å². The molecule has 1 saturated carbocycles. The SMILES string of the molecule is CCNC(=NCC(CCN(C)C)OCC)NC1CCN(C(=O)C2CCCCC2)C1. The predicted octanol–water partition coefficient (Wildman–Crippen LogP) is 2.08. The van der Waals surface area contributed by atoms with Crippen molar-refractivity contribution in [3.05, 3.63) is 0 Å². The van der Waals surface area contributed by atoms with Crippen molar-refractivity contribution in [3.63, 3.8) is 0 Å². The van der Waals surface area contributed by atoms with E-state index in [9.17, 15) is 4.79 Å². The molecule has 2 unspecified atom stereocenters. The lowest BCUT2D eigenvalue weighted by Crippen LogP contribution is -2.46. The number of nitrogens with zero attached hydrogens (tertiary/aromatic N) is 3. The summed E-state index contributed by atoms with van der Waals surface area (Å²) in [5, 5.41) is 6.89. The van der Waals surface area contributed by atoms with Crippen molar-refractivity contribution in [1.82, 2.24) is 20.4 Å². The number of carbonyl (C=O) groups is 1. The van der Waals surface area contributed by atoms with E-state index in [1.165, 1.54) is 19.3 Å². The molecule has 1 amide bonds. The normalized spacial score (nSPS) is 22.2. The molecule has 1 heterocycles. The molecule has 2 fully saturated rings. The Balaban J connectivity index is 1.85. The number of aliphatic imine (C=N–C) groups is 1. The van der Waals surface area contributed by atoms with Crippen LogP contribution in [0.4, 0.5) is 0 Å². The average molecular weight is 410 g/mol. The molecule has 2 atom stereocenters. The topological polar surface area (TPSA) is 69.2 Å². The number of amides is 1. The molecule has 7 heteroatoms. The maximum atomic E-state index is 12.8. The third-order valence-electron chi connectivity index (χ3n) is 5.89. The molecular formula is C22H43N5O2. The maximum Gasteiger partial charge on any atom is 0.225 e. The fourth-order valence-electron chi connectivity index (χ4n) is 4.26. The molecule has 0 radical (unpaired) electrons. The molecule has 168 valence electrons. The van der Waals surface area contributed by atoms with Gasteiger partial charge in [-0.15, -0.1) is 0 Å². The van der Waals surface area contributed by atoms with Crippen molar-refractivity contribution < 1.29 is 9.53 Å². The highest BCUT2D eigenvalue weighted by atomic mass is 16.5. The minimum atomic E-state index is 0.130. The maximum absolute atomic E-state index is 12.8. The Labute approximate surface area is 177 Å². The summed E-state index contributed by atoms with van der Waals surface area (Å²) >= 11 is 0. The molecule has 0 bridgehead atoms. The second kappa shape index (κ2) is 13.1. The van der Waals surface area contributed by atoms with Crippen LogP contribution < -0.4 is 10.6 Å². The average Bonchev–Trinajstić information content (AvgIpc) is 3.18. The van der Waals surface area contributed by atoms with E-state index in [1.54, 1.807) is 0 Å². The first-order valence-electron chi connectivity index (χ1n) is 11.6. The number of likely N-dealkylation sites (tertiary alicyclic amines) is 1. The highest BCUT2D eigenvalue weighted by Crippen LogP contribution is 2.26. The van der Waals surface area contributed by atoms with E-state index in [0.717, 1.165) is 57.8 Å². The number of nitrogens with one attached hydrogen (secondary N) is 2. The summed E-state index contributed by atoms with van der Waals surface area (Å²) < 4.78 is 5.86. The van der Waals surface area contributed by atoms with E-state index < -0.39 is 0 Å². The van der Waals surface area contributed by atoms with Crippen molar-refractivity contribution >= 4 is 11.9 Å². The van der Waals surface area contributed by atoms with Gasteiger partial charge < -0.3 is 25.2 Å². The summed E-state index contributed by atoms with van der Waals surface area (Å²) in [6.07, 6.45) is 7.93. The Bertz CT molecular complexity index is 505. The molecule has 0 aromatic rings. The van der Waals surface area contributed by atoms with Gasteiger partial charge in [0, 0.05) is 44.7 Å². The monoisotopic (exact) mass is 409 g/mol. The standard InChI is InChI=1S/C22H43N5O2/c1-5-23-22(24-16-20(29-6-2)13-14-26(3)4)25-19-12-15-27(17-19)21(28)18-10-8-7-9-11-18/h18-20H,5-17H2,1-4H3,(H2,23,24,25). The lowest BCUT2D eigenvalue weighted by atomic mass is 9.88. The molecule has 0 aromatic heterocycles. The number of rotatable bonds is 10. The van der Waals surface area contributed by atoms with Gasteiger partial charge in [0.25, 0.3) is 0 Å². The fourth-order valence-corrected chi connectivity index (χ4v) is 4.26. The summed E-state index contributed by atoms with van der Waals surface area (Å²) in [4.78, 5) is 21.8. The minimum absolute atomic E-state index is 0.130. The Morgan fingerprint density at radius 1 is 1.21 bits per heavy atom. The van der Waals surface area contributed by atoms with Gasteiger partial charge in [0.15, 0.2) is 5.96 Å². The smallest absolute Gasteiger partial charge is 0.225 e. The zero-order valence-electron chi connectivity index (χ0n) is 19.1. The fraction of sp³-hybridized carbons (Fsp3) is 0.909. The second-order valence-electron chi connectivity index (χ2n) is 8.64. The van der Waals surface area contributed by atoms with Crippen LogP contribution in [0, 0.1) is 5.92 Å². The molecule has 29 heavy (non-hydrogen) atoms. The van der Waals surface area contributed by atoms with Crippen molar-refractivity contribution in [1.29, 1.82) is 0 Å². The first-order valence-corrected chi connectivity index (χ1v) is 11.6.